The standard InChI is InChI=1S/C22H28N4O2/c1-25-20(27)11-18(12-23-22(28)17-9-5-6-10-17)21(25)19-13-24-26(15-19)14-16-7-3-2-4-8-16/h2-4,7-8,13,15,17-18,21H,5-6,9-12,14H2,1H3,(H,23,28)/t18-,21+/m0/s1. The highest BCUT2D eigenvalue weighted by Gasteiger charge is 2.39. The van der Waals surface area contributed by atoms with Crippen LogP contribution in [0.25, 0.3) is 0 Å². The van der Waals surface area contributed by atoms with Crippen LogP contribution in [0.4, 0.5) is 0 Å². The second-order valence-electron chi connectivity index (χ2n) is 8.10. The normalized spacial score (nSPS) is 22.8. The van der Waals surface area contributed by atoms with Gasteiger partial charge in [-0.1, -0.05) is 43.2 Å². The number of carbonyl (C=O) groups is 2. The van der Waals surface area contributed by atoms with Crippen molar-refractivity contribution in [3.63, 3.8) is 0 Å². The number of hydrogen-bond acceptors (Lipinski definition) is 3. The Bertz CT molecular complexity index is 826. The number of carbonyl (C=O) groups excluding carboxylic acids is 2. The van der Waals surface area contributed by atoms with Gasteiger partial charge in [0.1, 0.15) is 0 Å². The van der Waals surface area contributed by atoms with Gasteiger partial charge in [-0.3, -0.25) is 14.3 Å². The minimum absolute atomic E-state index is 0.0408. The third-order valence-corrected chi connectivity index (χ3v) is 6.14. The van der Waals surface area contributed by atoms with Crippen molar-refractivity contribution in [1.82, 2.24) is 20.0 Å². The Morgan fingerprint density at radius 1 is 1.21 bits per heavy atom. The summed E-state index contributed by atoms with van der Waals surface area (Å²) in [5.41, 5.74) is 2.22. The van der Waals surface area contributed by atoms with Gasteiger partial charge in [-0.15, -0.1) is 0 Å². The van der Waals surface area contributed by atoms with E-state index in [4.69, 9.17) is 0 Å². The van der Waals surface area contributed by atoms with E-state index in [9.17, 15) is 9.59 Å². The smallest absolute Gasteiger partial charge is 0.223 e. The quantitative estimate of drug-likeness (QED) is 0.838. The van der Waals surface area contributed by atoms with Gasteiger partial charge in [-0.25, -0.2) is 0 Å². The molecular weight excluding hydrogens is 352 g/mol. The summed E-state index contributed by atoms with van der Waals surface area (Å²) in [6.45, 7) is 1.24. The van der Waals surface area contributed by atoms with Crippen LogP contribution in [0.15, 0.2) is 42.7 Å². The minimum Gasteiger partial charge on any atom is -0.355 e. The van der Waals surface area contributed by atoms with Crippen LogP contribution < -0.4 is 5.32 Å². The van der Waals surface area contributed by atoms with Crippen LogP contribution in [0.5, 0.6) is 0 Å². The molecule has 1 aliphatic heterocycles. The van der Waals surface area contributed by atoms with Crippen molar-refractivity contribution in [3.05, 3.63) is 53.9 Å². The number of amides is 2. The zero-order valence-electron chi connectivity index (χ0n) is 16.4. The minimum atomic E-state index is -0.0408. The summed E-state index contributed by atoms with van der Waals surface area (Å²) in [5.74, 6) is 0.512. The third-order valence-electron chi connectivity index (χ3n) is 6.14. The van der Waals surface area contributed by atoms with Crippen LogP contribution >= 0.6 is 0 Å². The molecule has 2 atom stereocenters. The molecule has 2 amide bonds. The van der Waals surface area contributed by atoms with Crippen molar-refractivity contribution >= 4 is 11.8 Å². The second kappa shape index (κ2) is 8.17. The lowest BCUT2D eigenvalue weighted by atomic mass is 9.95. The highest BCUT2D eigenvalue weighted by atomic mass is 16.2. The Hall–Kier alpha value is -2.63. The Kier molecular flexibility index (Phi) is 5.46. The molecule has 0 radical (unpaired) electrons. The van der Waals surface area contributed by atoms with E-state index in [0.29, 0.717) is 19.5 Å². The molecule has 1 saturated heterocycles. The molecule has 6 nitrogen and oxygen atoms in total. The molecule has 6 heteroatoms. The SMILES string of the molecule is CN1C(=O)C[C@@H](CNC(=O)C2CCCC2)[C@@H]1c1cnn(Cc2ccccc2)c1. The highest BCUT2D eigenvalue weighted by molar-refractivity contribution is 5.80. The Labute approximate surface area is 165 Å². The molecule has 4 rings (SSSR count). The molecule has 1 saturated carbocycles. The number of aromatic nitrogens is 2. The second-order valence-corrected chi connectivity index (χ2v) is 8.10. The summed E-state index contributed by atoms with van der Waals surface area (Å²) in [6, 6.07) is 10.2. The summed E-state index contributed by atoms with van der Waals surface area (Å²) < 4.78 is 1.91. The van der Waals surface area contributed by atoms with E-state index >= 15 is 0 Å². The van der Waals surface area contributed by atoms with Gasteiger partial charge < -0.3 is 10.2 Å². The van der Waals surface area contributed by atoms with E-state index in [1.165, 1.54) is 5.56 Å². The van der Waals surface area contributed by atoms with Gasteiger partial charge in [0.25, 0.3) is 0 Å². The summed E-state index contributed by atoms with van der Waals surface area (Å²) in [4.78, 5) is 26.5. The van der Waals surface area contributed by atoms with Crippen LogP contribution in [0.3, 0.4) is 0 Å². The topological polar surface area (TPSA) is 67.2 Å². The van der Waals surface area contributed by atoms with Gasteiger partial charge in [0.05, 0.1) is 18.8 Å². The number of benzene rings is 1. The van der Waals surface area contributed by atoms with Crippen LogP contribution in [-0.2, 0) is 16.1 Å². The fourth-order valence-corrected chi connectivity index (χ4v) is 4.58. The van der Waals surface area contributed by atoms with E-state index < -0.39 is 0 Å². The summed E-state index contributed by atoms with van der Waals surface area (Å²) in [7, 11) is 1.85. The number of likely N-dealkylation sites (tertiary alicyclic amines) is 1. The molecule has 1 aliphatic carbocycles. The first-order valence-corrected chi connectivity index (χ1v) is 10.2. The molecule has 2 fully saturated rings. The lowest BCUT2D eigenvalue weighted by molar-refractivity contribution is -0.128. The average Bonchev–Trinajstić information content (AvgIpc) is 3.43. The maximum absolute atomic E-state index is 12.4. The van der Waals surface area contributed by atoms with Crippen molar-refractivity contribution < 1.29 is 9.59 Å². The molecule has 148 valence electrons. The van der Waals surface area contributed by atoms with Crippen molar-refractivity contribution in [3.8, 4) is 0 Å². The predicted molar refractivity (Wildman–Crippen MR) is 106 cm³/mol. The summed E-state index contributed by atoms with van der Waals surface area (Å²) >= 11 is 0. The molecule has 0 spiro atoms. The molecule has 0 unspecified atom stereocenters. The van der Waals surface area contributed by atoms with Gasteiger partial charge in [-0.05, 0) is 18.4 Å². The molecule has 2 aromatic rings. The first kappa shape index (κ1) is 18.7. The van der Waals surface area contributed by atoms with Crippen LogP contribution in [0.2, 0.25) is 0 Å². The highest BCUT2D eigenvalue weighted by Crippen LogP contribution is 2.36. The monoisotopic (exact) mass is 380 g/mol. The Morgan fingerprint density at radius 2 is 1.96 bits per heavy atom. The molecule has 1 aromatic heterocycles. The van der Waals surface area contributed by atoms with Gasteiger partial charge in [0, 0.05) is 43.6 Å². The van der Waals surface area contributed by atoms with Gasteiger partial charge in [0.2, 0.25) is 11.8 Å². The van der Waals surface area contributed by atoms with Crippen LogP contribution in [0, 0.1) is 11.8 Å². The lowest BCUT2D eigenvalue weighted by Crippen LogP contribution is -2.35. The maximum Gasteiger partial charge on any atom is 0.223 e. The Morgan fingerprint density at radius 3 is 2.71 bits per heavy atom. The summed E-state index contributed by atoms with van der Waals surface area (Å²) in [6.07, 6.45) is 8.62. The van der Waals surface area contributed by atoms with Crippen LogP contribution in [0.1, 0.15) is 49.3 Å². The van der Waals surface area contributed by atoms with Gasteiger partial charge in [0.15, 0.2) is 0 Å². The fraction of sp³-hybridized carbons (Fsp3) is 0.500. The Balaban J connectivity index is 1.43. The first-order valence-electron chi connectivity index (χ1n) is 10.2. The average molecular weight is 380 g/mol. The molecule has 28 heavy (non-hydrogen) atoms. The molecule has 1 N–H and O–H groups in total. The van der Waals surface area contributed by atoms with Crippen molar-refractivity contribution in [2.24, 2.45) is 11.8 Å². The van der Waals surface area contributed by atoms with Crippen molar-refractivity contribution in [2.75, 3.05) is 13.6 Å². The van der Waals surface area contributed by atoms with Crippen molar-refractivity contribution in [1.29, 1.82) is 0 Å². The first-order chi connectivity index (χ1) is 13.6. The number of rotatable bonds is 6. The van der Waals surface area contributed by atoms with Crippen LogP contribution in [-0.4, -0.2) is 40.1 Å². The van der Waals surface area contributed by atoms with E-state index in [1.54, 1.807) is 4.90 Å². The lowest BCUT2D eigenvalue weighted by Gasteiger charge is -2.24. The van der Waals surface area contributed by atoms with Gasteiger partial charge >= 0.3 is 0 Å². The molecule has 2 heterocycles. The predicted octanol–water partition coefficient (Wildman–Crippen LogP) is 2.76. The maximum atomic E-state index is 12.4. The van der Waals surface area contributed by atoms with E-state index in [1.807, 2.05) is 42.3 Å². The van der Waals surface area contributed by atoms with E-state index in [2.05, 4.69) is 22.5 Å². The number of nitrogens with one attached hydrogen (secondary N) is 1. The zero-order valence-corrected chi connectivity index (χ0v) is 16.4. The largest absolute Gasteiger partial charge is 0.355 e. The molecular formula is C22H28N4O2. The number of hydrogen-bond donors (Lipinski definition) is 1. The van der Waals surface area contributed by atoms with E-state index in [0.717, 1.165) is 31.2 Å². The fourth-order valence-electron chi connectivity index (χ4n) is 4.58. The molecule has 2 aliphatic rings. The van der Waals surface area contributed by atoms with Gasteiger partial charge in [-0.2, -0.15) is 5.10 Å². The molecule has 0 bridgehead atoms. The van der Waals surface area contributed by atoms with E-state index in [-0.39, 0.29) is 29.7 Å². The molecule has 1 aromatic carbocycles. The van der Waals surface area contributed by atoms with Crippen molar-refractivity contribution in [2.45, 2.75) is 44.7 Å². The zero-order chi connectivity index (χ0) is 19.5. The third kappa shape index (κ3) is 3.96. The summed E-state index contributed by atoms with van der Waals surface area (Å²) in [5, 5.41) is 7.61. The number of nitrogens with zero attached hydrogens (tertiary/aromatic N) is 3.